The van der Waals surface area contributed by atoms with E-state index < -0.39 is 5.97 Å². The number of H-pyrrole nitrogens is 1. The third kappa shape index (κ3) is 3.35. The van der Waals surface area contributed by atoms with Gasteiger partial charge in [-0.15, -0.1) is 5.10 Å². The topological polar surface area (TPSA) is 78.9 Å². The first-order valence-corrected chi connectivity index (χ1v) is 7.13. The number of nitrogens with zero attached hydrogens (tertiary/aromatic N) is 2. The first-order valence-electron chi connectivity index (χ1n) is 7.13. The van der Waals surface area contributed by atoms with E-state index in [9.17, 15) is 4.79 Å². The van der Waals surface area contributed by atoms with Crippen LogP contribution in [0, 0.1) is 6.92 Å². The Balaban J connectivity index is 1.79. The van der Waals surface area contributed by atoms with E-state index in [0.29, 0.717) is 5.69 Å². The van der Waals surface area contributed by atoms with Gasteiger partial charge in [0.05, 0.1) is 0 Å². The van der Waals surface area contributed by atoms with Gasteiger partial charge in [0.1, 0.15) is 5.69 Å². The number of aryl methyl sites for hydroxylation is 1. The van der Waals surface area contributed by atoms with Crippen LogP contribution in [0.25, 0.3) is 23.3 Å². The number of aromatic carboxylic acids is 1. The number of hydrogen-bond acceptors (Lipinski definition) is 3. The Morgan fingerprint density at radius 1 is 0.957 bits per heavy atom. The van der Waals surface area contributed by atoms with Crippen molar-refractivity contribution in [3.05, 3.63) is 71.0 Å². The quantitative estimate of drug-likeness (QED) is 0.771. The van der Waals surface area contributed by atoms with Crippen molar-refractivity contribution in [2.45, 2.75) is 6.92 Å². The number of hydrogen-bond donors (Lipinski definition) is 2. The monoisotopic (exact) mass is 305 g/mol. The van der Waals surface area contributed by atoms with Crippen molar-refractivity contribution in [2.24, 2.45) is 0 Å². The SMILES string of the molecule is Cc1ccc(-c2ccc(/C=C/c3n[nH]nc3C(=O)O)cc2)cc1. The predicted molar refractivity (Wildman–Crippen MR) is 88.9 cm³/mol. The zero-order valence-electron chi connectivity index (χ0n) is 12.5. The molecular formula is C18H15N3O2. The van der Waals surface area contributed by atoms with E-state index in [2.05, 4.69) is 46.6 Å². The summed E-state index contributed by atoms with van der Waals surface area (Å²) in [4.78, 5) is 11.0. The van der Waals surface area contributed by atoms with Crippen molar-refractivity contribution in [3.8, 4) is 11.1 Å². The Morgan fingerprint density at radius 3 is 2.17 bits per heavy atom. The number of carbonyl (C=O) groups is 1. The van der Waals surface area contributed by atoms with Crippen LogP contribution in [0.5, 0.6) is 0 Å². The Morgan fingerprint density at radius 2 is 1.57 bits per heavy atom. The van der Waals surface area contributed by atoms with Gasteiger partial charge in [0, 0.05) is 0 Å². The minimum Gasteiger partial charge on any atom is -0.476 e. The van der Waals surface area contributed by atoms with Gasteiger partial charge >= 0.3 is 5.97 Å². The molecule has 0 saturated carbocycles. The van der Waals surface area contributed by atoms with Crippen LogP contribution in [0.2, 0.25) is 0 Å². The normalized spacial score (nSPS) is 11.0. The molecule has 0 aliphatic rings. The number of aromatic nitrogens is 3. The maximum atomic E-state index is 11.0. The molecule has 0 aliphatic carbocycles. The largest absolute Gasteiger partial charge is 0.476 e. The van der Waals surface area contributed by atoms with Crippen LogP contribution in [0.3, 0.4) is 0 Å². The van der Waals surface area contributed by atoms with Crippen LogP contribution < -0.4 is 0 Å². The average molecular weight is 305 g/mol. The van der Waals surface area contributed by atoms with Crippen LogP contribution >= 0.6 is 0 Å². The third-order valence-corrected chi connectivity index (χ3v) is 3.51. The standard InChI is InChI=1S/C18H15N3O2/c1-12-2-7-14(8-3-12)15-9-4-13(5-10-15)6-11-16-17(18(22)23)20-21-19-16/h2-11H,1H3,(H,22,23)(H,19,20,21)/b11-6+. The second-order valence-electron chi connectivity index (χ2n) is 5.18. The van der Waals surface area contributed by atoms with Crippen molar-refractivity contribution in [1.29, 1.82) is 0 Å². The Kier molecular flexibility index (Phi) is 4.01. The van der Waals surface area contributed by atoms with Gasteiger partial charge in [0.2, 0.25) is 0 Å². The number of nitrogens with one attached hydrogen (secondary N) is 1. The number of carboxylic acid groups (broad SMARTS) is 1. The number of carboxylic acids is 1. The molecule has 2 aromatic carbocycles. The summed E-state index contributed by atoms with van der Waals surface area (Å²) in [5.41, 5.74) is 4.71. The smallest absolute Gasteiger partial charge is 0.358 e. The minimum absolute atomic E-state index is 0.0856. The molecule has 23 heavy (non-hydrogen) atoms. The fraction of sp³-hybridized carbons (Fsp3) is 0.0556. The highest BCUT2D eigenvalue weighted by Crippen LogP contribution is 2.21. The molecule has 0 radical (unpaired) electrons. The zero-order valence-corrected chi connectivity index (χ0v) is 12.5. The maximum absolute atomic E-state index is 11.0. The summed E-state index contributed by atoms with van der Waals surface area (Å²) in [6, 6.07) is 16.4. The molecule has 0 bridgehead atoms. The van der Waals surface area contributed by atoms with E-state index in [1.807, 2.05) is 30.3 Å². The van der Waals surface area contributed by atoms with Crippen molar-refractivity contribution in [2.75, 3.05) is 0 Å². The molecular weight excluding hydrogens is 290 g/mol. The highest BCUT2D eigenvalue weighted by atomic mass is 16.4. The van der Waals surface area contributed by atoms with Crippen LogP contribution in [-0.2, 0) is 0 Å². The van der Waals surface area contributed by atoms with E-state index in [1.165, 1.54) is 5.56 Å². The van der Waals surface area contributed by atoms with Gasteiger partial charge in [-0.1, -0.05) is 60.2 Å². The minimum atomic E-state index is -1.10. The van der Waals surface area contributed by atoms with E-state index in [4.69, 9.17) is 5.11 Å². The van der Waals surface area contributed by atoms with Crippen LogP contribution in [0.15, 0.2) is 48.5 Å². The van der Waals surface area contributed by atoms with E-state index in [-0.39, 0.29) is 5.69 Å². The van der Waals surface area contributed by atoms with Crippen molar-refractivity contribution < 1.29 is 9.90 Å². The molecule has 1 heterocycles. The van der Waals surface area contributed by atoms with Crippen molar-refractivity contribution in [3.63, 3.8) is 0 Å². The molecule has 3 aromatic rings. The van der Waals surface area contributed by atoms with Gasteiger partial charge in [0.25, 0.3) is 0 Å². The lowest BCUT2D eigenvalue weighted by Crippen LogP contribution is -1.98. The summed E-state index contributed by atoms with van der Waals surface area (Å²) >= 11 is 0. The second-order valence-corrected chi connectivity index (χ2v) is 5.18. The summed E-state index contributed by atoms with van der Waals surface area (Å²) in [5.74, 6) is -1.10. The van der Waals surface area contributed by atoms with E-state index >= 15 is 0 Å². The molecule has 2 N–H and O–H groups in total. The lowest BCUT2D eigenvalue weighted by Gasteiger charge is -2.03. The Labute approximate surface area is 133 Å². The van der Waals surface area contributed by atoms with Crippen LogP contribution in [-0.4, -0.2) is 26.5 Å². The molecule has 1 aromatic heterocycles. The zero-order chi connectivity index (χ0) is 16.2. The van der Waals surface area contributed by atoms with Gasteiger partial charge in [-0.3, -0.25) is 0 Å². The molecule has 3 rings (SSSR count). The second kappa shape index (κ2) is 6.27. The Bertz CT molecular complexity index is 847. The maximum Gasteiger partial charge on any atom is 0.358 e. The first-order chi connectivity index (χ1) is 11.1. The van der Waals surface area contributed by atoms with E-state index in [1.54, 1.807) is 6.08 Å². The summed E-state index contributed by atoms with van der Waals surface area (Å²) in [5, 5.41) is 18.7. The fourth-order valence-corrected chi connectivity index (χ4v) is 2.22. The lowest BCUT2D eigenvalue weighted by atomic mass is 10.0. The molecule has 0 spiro atoms. The summed E-state index contributed by atoms with van der Waals surface area (Å²) < 4.78 is 0. The molecule has 5 heteroatoms. The average Bonchev–Trinajstić information content (AvgIpc) is 3.03. The van der Waals surface area contributed by atoms with Crippen LogP contribution in [0.4, 0.5) is 0 Å². The van der Waals surface area contributed by atoms with Gasteiger partial charge in [-0.25, -0.2) is 4.79 Å². The molecule has 0 aliphatic heterocycles. The summed E-state index contributed by atoms with van der Waals surface area (Å²) in [6.45, 7) is 2.06. The fourth-order valence-electron chi connectivity index (χ4n) is 2.22. The first kappa shape index (κ1) is 14.7. The lowest BCUT2D eigenvalue weighted by molar-refractivity contribution is 0.0690. The highest BCUT2D eigenvalue weighted by Gasteiger charge is 2.12. The molecule has 0 saturated heterocycles. The van der Waals surface area contributed by atoms with E-state index in [0.717, 1.165) is 16.7 Å². The Hall–Kier alpha value is -3.21. The van der Waals surface area contributed by atoms with Gasteiger partial charge in [-0.05, 0) is 29.7 Å². The van der Waals surface area contributed by atoms with Crippen molar-refractivity contribution >= 4 is 18.1 Å². The van der Waals surface area contributed by atoms with Gasteiger partial charge in [0.15, 0.2) is 5.69 Å². The number of benzene rings is 2. The molecule has 0 unspecified atom stereocenters. The number of rotatable bonds is 4. The summed E-state index contributed by atoms with van der Waals surface area (Å²) in [6.07, 6.45) is 3.44. The summed E-state index contributed by atoms with van der Waals surface area (Å²) in [7, 11) is 0. The van der Waals surface area contributed by atoms with Crippen LogP contribution in [0.1, 0.15) is 27.3 Å². The third-order valence-electron chi connectivity index (χ3n) is 3.51. The van der Waals surface area contributed by atoms with Gasteiger partial charge < -0.3 is 5.11 Å². The highest BCUT2D eigenvalue weighted by molar-refractivity contribution is 5.90. The number of aromatic amines is 1. The molecule has 0 amide bonds. The van der Waals surface area contributed by atoms with Crippen molar-refractivity contribution in [1.82, 2.24) is 15.4 Å². The molecule has 5 nitrogen and oxygen atoms in total. The molecule has 0 atom stereocenters. The molecule has 0 fully saturated rings. The van der Waals surface area contributed by atoms with Gasteiger partial charge in [-0.2, -0.15) is 10.3 Å². The predicted octanol–water partition coefficient (Wildman–Crippen LogP) is 3.65. The molecule has 114 valence electrons.